The van der Waals surface area contributed by atoms with Crippen LogP contribution in [0.4, 0.5) is 5.69 Å². The van der Waals surface area contributed by atoms with Gasteiger partial charge in [-0.05, 0) is 6.92 Å². The fourth-order valence-corrected chi connectivity index (χ4v) is 1.41. The number of hydrogen-bond donors (Lipinski definition) is 2. The Morgan fingerprint density at radius 3 is 3.06 bits per heavy atom. The van der Waals surface area contributed by atoms with Crippen molar-refractivity contribution in [1.29, 1.82) is 0 Å². The van der Waals surface area contributed by atoms with Crippen LogP contribution in [0.15, 0.2) is 12.4 Å². The third-order valence-electron chi connectivity index (χ3n) is 2.35. The normalized spacial score (nSPS) is 13.8. The summed E-state index contributed by atoms with van der Waals surface area (Å²) in [6.07, 6.45) is 7.51. The minimum Gasteiger partial charge on any atom is -0.390 e. The third-order valence-corrected chi connectivity index (χ3v) is 2.35. The zero-order valence-electron chi connectivity index (χ0n) is 10.1. The molecule has 7 heteroatoms. The van der Waals surface area contributed by atoms with E-state index in [1.54, 1.807) is 0 Å². The Hall–Kier alpha value is -1.91. The predicted molar refractivity (Wildman–Crippen MR) is 65.8 cm³/mol. The molecule has 0 amide bonds. The fourth-order valence-electron chi connectivity index (χ4n) is 1.41. The molecular formula is C11H16N4O3. The van der Waals surface area contributed by atoms with Gasteiger partial charge >= 0.3 is 5.69 Å². The second-order valence-corrected chi connectivity index (χ2v) is 4.05. The van der Waals surface area contributed by atoms with E-state index in [1.807, 2.05) is 6.92 Å². The zero-order chi connectivity index (χ0) is 13.5. The molecule has 0 saturated heterocycles. The number of hydrogen-bond acceptors (Lipinski definition) is 5. The topological polar surface area (TPSA) is 93.2 Å². The van der Waals surface area contributed by atoms with Crippen LogP contribution in [-0.2, 0) is 6.54 Å². The molecular weight excluding hydrogens is 236 g/mol. The van der Waals surface area contributed by atoms with Gasteiger partial charge in [0.05, 0.1) is 17.6 Å². The van der Waals surface area contributed by atoms with E-state index in [4.69, 9.17) is 6.42 Å². The lowest BCUT2D eigenvalue weighted by molar-refractivity contribution is -0.385. The van der Waals surface area contributed by atoms with Gasteiger partial charge in [0.1, 0.15) is 12.4 Å². The quantitative estimate of drug-likeness (QED) is 0.409. The number of nitrogens with zero attached hydrogens (tertiary/aromatic N) is 3. The maximum atomic E-state index is 10.4. The molecule has 2 atom stereocenters. The summed E-state index contributed by atoms with van der Waals surface area (Å²) in [4.78, 5) is 9.92. The van der Waals surface area contributed by atoms with E-state index in [2.05, 4.69) is 16.3 Å². The molecule has 1 rings (SSSR count). The average Bonchev–Trinajstić information content (AvgIpc) is 2.75. The van der Waals surface area contributed by atoms with E-state index in [-0.39, 0.29) is 18.3 Å². The van der Waals surface area contributed by atoms with Crippen LogP contribution in [0.3, 0.4) is 0 Å². The predicted octanol–water partition coefficient (Wildman–Crippen LogP) is 0.154. The van der Waals surface area contributed by atoms with Crippen molar-refractivity contribution >= 4 is 5.69 Å². The summed E-state index contributed by atoms with van der Waals surface area (Å²) in [5.41, 5.74) is -0.0872. The lowest BCUT2D eigenvalue weighted by Crippen LogP contribution is -2.35. The van der Waals surface area contributed by atoms with Crippen molar-refractivity contribution in [2.24, 2.45) is 0 Å². The second-order valence-electron chi connectivity index (χ2n) is 4.05. The van der Waals surface area contributed by atoms with Gasteiger partial charge in [-0.2, -0.15) is 5.10 Å². The Labute approximate surface area is 105 Å². The van der Waals surface area contributed by atoms with Crippen LogP contribution in [0, 0.1) is 22.5 Å². The van der Waals surface area contributed by atoms with Crippen molar-refractivity contribution in [2.75, 3.05) is 6.54 Å². The number of aliphatic hydroxyl groups is 1. The number of aromatic nitrogens is 2. The van der Waals surface area contributed by atoms with Crippen LogP contribution in [-0.4, -0.2) is 38.5 Å². The summed E-state index contributed by atoms with van der Waals surface area (Å²) >= 11 is 0. The summed E-state index contributed by atoms with van der Waals surface area (Å²) in [5, 5.41) is 27.0. The van der Waals surface area contributed by atoms with Crippen LogP contribution in [0.1, 0.15) is 13.3 Å². The second kappa shape index (κ2) is 6.74. The van der Waals surface area contributed by atoms with Crippen LogP contribution in [0.25, 0.3) is 0 Å². The number of terminal acetylenes is 1. The van der Waals surface area contributed by atoms with E-state index in [0.29, 0.717) is 13.0 Å². The van der Waals surface area contributed by atoms with Gasteiger partial charge in [-0.3, -0.25) is 14.8 Å². The summed E-state index contributed by atoms with van der Waals surface area (Å²) in [7, 11) is 0. The standard InChI is InChI=1S/C11H16N4O3/c1-3-4-9(2)12-6-11(16)8-14-7-10(5-13-14)15(17)18/h1,5,7,9,11-12,16H,4,6,8H2,2H3. The van der Waals surface area contributed by atoms with E-state index in [0.717, 1.165) is 6.20 Å². The molecule has 7 nitrogen and oxygen atoms in total. The van der Waals surface area contributed by atoms with Gasteiger partial charge in [0.2, 0.25) is 0 Å². The fraction of sp³-hybridized carbons (Fsp3) is 0.545. The summed E-state index contributed by atoms with van der Waals surface area (Å²) in [5.74, 6) is 2.52. The Morgan fingerprint density at radius 1 is 1.78 bits per heavy atom. The van der Waals surface area contributed by atoms with Crippen LogP contribution in [0.2, 0.25) is 0 Å². The molecule has 0 aromatic carbocycles. The lowest BCUT2D eigenvalue weighted by Gasteiger charge is -2.15. The Morgan fingerprint density at radius 2 is 2.50 bits per heavy atom. The van der Waals surface area contributed by atoms with Gasteiger partial charge in [-0.15, -0.1) is 12.3 Å². The summed E-state index contributed by atoms with van der Waals surface area (Å²) in [6, 6.07) is 0.122. The Kier molecular flexibility index (Phi) is 5.30. The molecule has 0 aliphatic heterocycles. The van der Waals surface area contributed by atoms with Crippen molar-refractivity contribution in [2.45, 2.75) is 32.0 Å². The zero-order valence-corrected chi connectivity index (χ0v) is 10.1. The molecule has 0 aliphatic rings. The molecule has 18 heavy (non-hydrogen) atoms. The number of nitro groups is 1. The maximum absolute atomic E-state index is 10.4. The van der Waals surface area contributed by atoms with Crippen LogP contribution < -0.4 is 5.32 Å². The maximum Gasteiger partial charge on any atom is 0.306 e. The first kappa shape index (κ1) is 14.2. The molecule has 0 spiro atoms. The van der Waals surface area contributed by atoms with Gasteiger partial charge in [-0.1, -0.05) is 0 Å². The molecule has 1 aromatic heterocycles. The molecule has 0 fully saturated rings. The highest BCUT2D eigenvalue weighted by Crippen LogP contribution is 2.07. The molecule has 1 aromatic rings. The highest BCUT2D eigenvalue weighted by Gasteiger charge is 2.12. The minimum absolute atomic E-state index is 0.0872. The first-order valence-corrected chi connectivity index (χ1v) is 5.54. The number of aliphatic hydroxyl groups excluding tert-OH is 1. The van der Waals surface area contributed by atoms with E-state index < -0.39 is 11.0 Å². The first-order chi connectivity index (χ1) is 8.52. The van der Waals surface area contributed by atoms with E-state index in [1.165, 1.54) is 10.9 Å². The van der Waals surface area contributed by atoms with Crippen molar-refractivity contribution < 1.29 is 10.0 Å². The SMILES string of the molecule is C#CCC(C)NCC(O)Cn1cc([N+](=O)[O-])cn1. The van der Waals surface area contributed by atoms with Crippen molar-refractivity contribution in [3.05, 3.63) is 22.5 Å². The van der Waals surface area contributed by atoms with Gasteiger partial charge < -0.3 is 10.4 Å². The van der Waals surface area contributed by atoms with Gasteiger partial charge in [-0.25, -0.2) is 0 Å². The highest BCUT2D eigenvalue weighted by atomic mass is 16.6. The van der Waals surface area contributed by atoms with E-state index in [9.17, 15) is 15.2 Å². The van der Waals surface area contributed by atoms with Crippen LogP contribution >= 0.6 is 0 Å². The van der Waals surface area contributed by atoms with Crippen LogP contribution in [0.5, 0.6) is 0 Å². The number of rotatable bonds is 7. The Bertz CT molecular complexity index is 438. The first-order valence-electron chi connectivity index (χ1n) is 5.54. The third kappa shape index (κ3) is 4.53. The molecule has 1 heterocycles. The average molecular weight is 252 g/mol. The summed E-state index contributed by atoms with van der Waals surface area (Å²) < 4.78 is 1.34. The van der Waals surface area contributed by atoms with E-state index >= 15 is 0 Å². The van der Waals surface area contributed by atoms with Crippen molar-refractivity contribution in [1.82, 2.24) is 15.1 Å². The molecule has 0 radical (unpaired) electrons. The highest BCUT2D eigenvalue weighted by molar-refractivity contribution is 5.20. The van der Waals surface area contributed by atoms with Crippen molar-refractivity contribution in [3.8, 4) is 12.3 Å². The van der Waals surface area contributed by atoms with Crippen molar-refractivity contribution in [3.63, 3.8) is 0 Å². The molecule has 2 N–H and O–H groups in total. The van der Waals surface area contributed by atoms with Gasteiger partial charge in [0, 0.05) is 19.0 Å². The van der Waals surface area contributed by atoms with Gasteiger partial charge in [0.15, 0.2) is 0 Å². The lowest BCUT2D eigenvalue weighted by atomic mass is 10.2. The molecule has 2 unspecified atom stereocenters. The molecule has 0 aliphatic carbocycles. The largest absolute Gasteiger partial charge is 0.390 e. The summed E-state index contributed by atoms with van der Waals surface area (Å²) in [6.45, 7) is 2.48. The molecule has 0 saturated carbocycles. The minimum atomic E-state index is -0.676. The smallest absolute Gasteiger partial charge is 0.306 e. The number of nitrogens with one attached hydrogen (secondary N) is 1. The molecule has 98 valence electrons. The monoisotopic (exact) mass is 252 g/mol. The Balaban J connectivity index is 2.37. The van der Waals surface area contributed by atoms with Gasteiger partial charge in [0.25, 0.3) is 0 Å². The molecule has 0 bridgehead atoms.